The molecule has 1 atom stereocenters. The minimum Gasteiger partial charge on any atom is -0.356 e. The van der Waals surface area contributed by atoms with Crippen LogP contribution < -0.4 is 10.6 Å². The predicted octanol–water partition coefficient (Wildman–Crippen LogP) is 4.24. The topological polar surface area (TPSA) is 94.0 Å². The molecular formula is C18H29ClN3O3P. The van der Waals surface area contributed by atoms with Crippen molar-refractivity contribution in [2.45, 2.75) is 56.5 Å². The van der Waals surface area contributed by atoms with E-state index in [4.69, 9.17) is 21.4 Å². The summed E-state index contributed by atoms with van der Waals surface area (Å²) >= 11 is 4.99. The molecule has 1 aromatic rings. The number of anilines is 1. The Bertz CT molecular complexity index is 625. The van der Waals surface area contributed by atoms with E-state index in [1.165, 1.54) is 44.6 Å². The monoisotopic (exact) mass is 401 g/mol. The first-order chi connectivity index (χ1) is 12.4. The van der Waals surface area contributed by atoms with Gasteiger partial charge >= 0.3 is 7.60 Å². The quantitative estimate of drug-likeness (QED) is 0.449. The average molecular weight is 402 g/mol. The Balaban J connectivity index is 0.000000298. The first kappa shape index (κ1) is 21.2. The summed E-state index contributed by atoms with van der Waals surface area (Å²) in [5.41, 5.74) is 2.64. The number of nitrogens with zero attached hydrogens (tertiary/aromatic N) is 1. The van der Waals surface area contributed by atoms with E-state index in [0.717, 1.165) is 37.1 Å². The van der Waals surface area contributed by atoms with E-state index in [2.05, 4.69) is 39.9 Å². The van der Waals surface area contributed by atoms with Crippen LogP contribution in [0.2, 0.25) is 0 Å². The number of nitrogens with one attached hydrogen (secondary N) is 2. The van der Waals surface area contributed by atoms with E-state index in [1.54, 1.807) is 0 Å². The Morgan fingerprint density at radius 3 is 2.31 bits per heavy atom. The highest BCUT2D eigenvalue weighted by Gasteiger charge is 2.20. The van der Waals surface area contributed by atoms with E-state index in [9.17, 15) is 4.57 Å². The fraction of sp³-hybridized carbons (Fsp3) is 0.611. The molecule has 1 unspecified atom stereocenters. The Morgan fingerprint density at radius 2 is 1.81 bits per heavy atom. The number of halogens is 1. The number of aliphatic imine (C=N–C) groups is 1. The number of hydrogen-bond donors (Lipinski definition) is 4. The van der Waals surface area contributed by atoms with Crippen molar-refractivity contribution in [2.24, 2.45) is 4.99 Å². The van der Waals surface area contributed by atoms with Crippen molar-refractivity contribution in [2.75, 3.05) is 18.4 Å². The van der Waals surface area contributed by atoms with Crippen LogP contribution in [0.4, 0.5) is 5.69 Å². The molecule has 146 valence electrons. The molecule has 6 nitrogen and oxygen atoms in total. The third kappa shape index (κ3) is 7.28. The van der Waals surface area contributed by atoms with Crippen molar-refractivity contribution in [3.05, 3.63) is 29.8 Å². The van der Waals surface area contributed by atoms with Gasteiger partial charge in [-0.3, -0.25) is 9.56 Å². The Morgan fingerprint density at radius 1 is 1.19 bits per heavy atom. The maximum absolute atomic E-state index is 9.89. The molecule has 2 aliphatic rings. The molecule has 1 fully saturated rings. The largest absolute Gasteiger partial charge is 0.356 e. The van der Waals surface area contributed by atoms with Crippen LogP contribution in [0.25, 0.3) is 0 Å². The van der Waals surface area contributed by atoms with E-state index in [1.807, 2.05) is 0 Å². The molecule has 1 aliphatic heterocycles. The van der Waals surface area contributed by atoms with E-state index in [0.29, 0.717) is 0 Å². The lowest BCUT2D eigenvalue weighted by Gasteiger charge is -2.22. The lowest BCUT2D eigenvalue weighted by molar-refractivity contribution is 0.371. The van der Waals surface area contributed by atoms with Crippen molar-refractivity contribution in [1.29, 1.82) is 0 Å². The second kappa shape index (κ2) is 10.3. The van der Waals surface area contributed by atoms with Crippen LogP contribution in [0, 0.1) is 0 Å². The first-order valence-electron chi connectivity index (χ1n) is 9.21. The molecule has 0 radical (unpaired) electrons. The van der Waals surface area contributed by atoms with Crippen molar-refractivity contribution in [1.82, 2.24) is 5.32 Å². The molecule has 0 saturated heterocycles. The minimum absolute atomic E-state index is 0.785. The van der Waals surface area contributed by atoms with Gasteiger partial charge in [-0.05, 0) is 49.8 Å². The third-order valence-corrected chi connectivity index (χ3v) is 6.30. The Kier molecular flexibility index (Phi) is 8.42. The fourth-order valence-corrected chi connectivity index (χ4v) is 3.03. The van der Waals surface area contributed by atoms with E-state index in [-0.39, 0.29) is 0 Å². The van der Waals surface area contributed by atoms with Crippen LogP contribution in [0.3, 0.4) is 0 Å². The van der Waals surface area contributed by atoms with Gasteiger partial charge in [0.25, 0.3) is 0 Å². The van der Waals surface area contributed by atoms with Gasteiger partial charge in [0.1, 0.15) is 5.12 Å². The summed E-state index contributed by atoms with van der Waals surface area (Å²) in [6, 6.07) is 8.93. The smallest absolute Gasteiger partial charge is 0.342 e. The molecule has 0 amide bonds. The summed E-state index contributed by atoms with van der Waals surface area (Å²) in [4.78, 5) is 20.6. The van der Waals surface area contributed by atoms with Crippen LogP contribution in [-0.4, -0.2) is 34.0 Å². The van der Waals surface area contributed by atoms with Crippen LogP contribution >= 0.6 is 19.2 Å². The number of hydrogen-bond acceptors (Lipinski definition) is 4. The molecule has 1 aliphatic carbocycles. The summed E-state index contributed by atoms with van der Waals surface area (Å²) in [7, 11) is -3.97. The second-order valence-corrected chi connectivity index (χ2v) is 9.67. The second-order valence-electron chi connectivity index (χ2n) is 6.76. The van der Waals surface area contributed by atoms with Gasteiger partial charge in [0.2, 0.25) is 0 Å². The highest BCUT2D eigenvalue weighted by atomic mass is 35.5. The van der Waals surface area contributed by atoms with Crippen molar-refractivity contribution in [3.8, 4) is 0 Å². The van der Waals surface area contributed by atoms with Gasteiger partial charge in [-0.15, -0.1) is 11.6 Å². The summed E-state index contributed by atoms with van der Waals surface area (Å²) in [6.07, 6.45) is 8.06. The molecule has 0 spiro atoms. The van der Waals surface area contributed by atoms with Crippen LogP contribution in [0.1, 0.15) is 56.9 Å². The molecule has 0 bridgehead atoms. The molecule has 1 heterocycles. The lowest BCUT2D eigenvalue weighted by Crippen LogP contribution is -2.35. The van der Waals surface area contributed by atoms with E-state index >= 15 is 0 Å². The average Bonchev–Trinajstić information content (AvgIpc) is 2.64. The van der Waals surface area contributed by atoms with Crippen LogP contribution in [0.15, 0.2) is 29.3 Å². The Hall–Kier alpha value is -1.07. The zero-order valence-corrected chi connectivity index (χ0v) is 16.8. The van der Waals surface area contributed by atoms with Crippen LogP contribution in [-0.2, 0) is 4.57 Å². The van der Waals surface area contributed by atoms with Gasteiger partial charge in [0.05, 0.1) is 0 Å². The maximum Gasteiger partial charge on any atom is 0.342 e. The predicted molar refractivity (Wildman–Crippen MR) is 108 cm³/mol. The standard InChI is InChI=1S/C16H23N3.C2H6ClO3P/c1-2-5-13(6-3-1)14-7-9-15(10-8-14)19-16-17-11-4-12-18-16;1-2(3)7(4,5)6/h7-10,13H,1-6,11-12H2,(H2,17,18,19);2H,1H3,(H2,4,5,6). The highest BCUT2D eigenvalue weighted by Crippen LogP contribution is 2.42. The third-order valence-electron chi connectivity index (χ3n) is 4.61. The fourth-order valence-electron chi connectivity index (χ4n) is 3.03. The number of rotatable bonds is 3. The Labute approximate surface area is 160 Å². The van der Waals surface area contributed by atoms with E-state index < -0.39 is 12.7 Å². The number of benzene rings is 1. The van der Waals surface area contributed by atoms with Gasteiger partial charge < -0.3 is 20.4 Å². The molecule has 1 saturated carbocycles. The molecular weight excluding hydrogens is 373 g/mol. The normalized spacial score (nSPS) is 19.5. The SMILES string of the molecule is CC(Cl)P(=O)(O)O.c1cc(C2CCCCC2)ccc1NC1=NCCCN1. The van der Waals surface area contributed by atoms with Crippen LogP contribution in [0.5, 0.6) is 0 Å². The summed E-state index contributed by atoms with van der Waals surface area (Å²) in [5, 5.41) is 5.57. The number of alkyl halides is 1. The summed E-state index contributed by atoms with van der Waals surface area (Å²) < 4.78 is 9.89. The number of guanidine groups is 1. The van der Waals surface area contributed by atoms with Gasteiger partial charge in [-0.1, -0.05) is 31.4 Å². The van der Waals surface area contributed by atoms with Gasteiger partial charge in [0.15, 0.2) is 5.96 Å². The minimum atomic E-state index is -3.97. The molecule has 1 aromatic carbocycles. The molecule has 3 rings (SSSR count). The van der Waals surface area contributed by atoms with Crippen molar-refractivity contribution < 1.29 is 14.4 Å². The molecule has 0 aromatic heterocycles. The van der Waals surface area contributed by atoms with Crippen molar-refractivity contribution in [3.63, 3.8) is 0 Å². The van der Waals surface area contributed by atoms with Gasteiger partial charge in [0, 0.05) is 18.8 Å². The molecule has 4 N–H and O–H groups in total. The lowest BCUT2D eigenvalue weighted by atomic mass is 9.84. The summed E-state index contributed by atoms with van der Waals surface area (Å²) in [6.45, 7) is 3.20. The molecule has 26 heavy (non-hydrogen) atoms. The first-order valence-corrected chi connectivity index (χ1v) is 11.3. The van der Waals surface area contributed by atoms with Gasteiger partial charge in [-0.2, -0.15) is 0 Å². The summed E-state index contributed by atoms with van der Waals surface area (Å²) in [5.74, 6) is 1.70. The van der Waals surface area contributed by atoms with Gasteiger partial charge in [-0.25, -0.2) is 0 Å². The maximum atomic E-state index is 9.89. The zero-order valence-electron chi connectivity index (χ0n) is 15.2. The zero-order chi connectivity index (χ0) is 19.0. The highest BCUT2D eigenvalue weighted by molar-refractivity contribution is 7.54. The van der Waals surface area contributed by atoms with Crippen molar-refractivity contribution >= 4 is 30.8 Å². The molecule has 8 heteroatoms.